The molecule has 0 saturated heterocycles. The molecule has 0 saturated carbocycles. The highest BCUT2D eigenvalue weighted by atomic mass is 14.1. The standard InChI is InChI=1S/C13H24/c1-7-9-11(5)12(6)13(8-2)10(3)4/h11H,3,7-9H2,1-2,4-6H3/b13-12+. The van der Waals surface area contributed by atoms with E-state index in [2.05, 4.69) is 41.2 Å². The summed E-state index contributed by atoms with van der Waals surface area (Å²) in [7, 11) is 0. The maximum atomic E-state index is 4.03. The number of rotatable bonds is 5. The van der Waals surface area contributed by atoms with Crippen molar-refractivity contribution in [3.05, 3.63) is 23.3 Å². The maximum Gasteiger partial charge on any atom is -0.0229 e. The predicted octanol–water partition coefficient (Wildman–Crippen LogP) is 4.73. The molecule has 0 aromatic heterocycles. The Morgan fingerprint density at radius 3 is 2.08 bits per heavy atom. The van der Waals surface area contributed by atoms with Gasteiger partial charge in [0.1, 0.15) is 0 Å². The molecule has 13 heavy (non-hydrogen) atoms. The molecule has 0 aliphatic carbocycles. The van der Waals surface area contributed by atoms with E-state index in [1.54, 1.807) is 0 Å². The quantitative estimate of drug-likeness (QED) is 0.537. The highest BCUT2D eigenvalue weighted by Crippen LogP contribution is 2.25. The lowest BCUT2D eigenvalue weighted by Crippen LogP contribution is -2.00. The van der Waals surface area contributed by atoms with Gasteiger partial charge in [-0.25, -0.2) is 0 Å². The molecule has 0 aromatic carbocycles. The molecule has 76 valence electrons. The summed E-state index contributed by atoms with van der Waals surface area (Å²) in [6, 6.07) is 0. The summed E-state index contributed by atoms with van der Waals surface area (Å²) >= 11 is 0. The topological polar surface area (TPSA) is 0 Å². The zero-order chi connectivity index (χ0) is 10.4. The fourth-order valence-corrected chi connectivity index (χ4v) is 1.86. The summed E-state index contributed by atoms with van der Waals surface area (Å²) in [5, 5.41) is 0. The van der Waals surface area contributed by atoms with Gasteiger partial charge < -0.3 is 0 Å². The molecule has 1 atom stereocenters. The van der Waals surface area contributed by atoms with E-state index in [-0.39, 0.29) is 0 Å². The molecular formula is C13H24. The van der Waals surface area contributed by atoms with Gasteiger partial charge in [-0.15, -0.1) is 0 Å². The first-order valence-corrected chi connectivity index (χ1v) is 5.40. The van der Waals surface area contributed by atoms with Crippen molar-refractivity contribution in [2.45, 2.75) is 53.9 Å². The second-order valence-electron chi connectivity index (χ2n) is 3.99. The van der Waals surface area contributed by atoms with E-state index < -0.39 is 0 Å². The van der Waals surface area contributed by atoms with Crippen molar-refractivity contribution in [2.75, 3.05) is 0 Å². The van der Waals surface area contributed by atoms with Gasteiger partial charge in [0.15, 0.2) is 0 Å². The van der Waals surface area contributed by atoms with Gasteiger partial charge in [0.05, 0.1) is 0 Å². The summed E-state index contributed by atoms with van der Waals surface area (Å²) < 4.78 is 0. The Kier molecular flexibility index (Phi) is 5.77. The van der Waals surface area contributed by atoms with Crippen LogP contribution in [0.25, 0.3) is 0 Å². The van der Waals surface area contributed by atoms with Crippen LogP contribution in [0.5, 0.6) is 0 Å². The predicted molar refractivity (Wildman–Crippen MR) is 61.9 cm³/mol. The number of hydrogen-bond donors (Lipinski definition) is 0. The van der Waals surface area contributed by atoms with Crippen LogP contribution in [-0.4, -0.2) is 0 Å². The van der Waals surface area contributed by atoms with Gasteiger partial charge in [0.25, 0.3) is 0 Å². The molecule has 0 fully saturated rings. The third kappa shape index (κ3) is 3.80. The van der Waals surface area contributed by atoms with Crippen molar-refractivity contribution in [1.82, 2.24) is 0 Å². The van der Waals surface area contributed by atoms with Crippen molar-refractivity contribution in [3.63, 3.8) is 0 Å². The van der Waals surface area contributed by atoms with Crippen LogP contribution in [0.2, 0.25) is 0 Å². The molecule has 0 spiro atoms. The van der Waals surface area contributed by atoms with Gasteiger partial charge >= 0.3 is 0 Å². The minimum Gasteiger partial charge on any atom is -0.0958 e. The van der Waals surface area contributed by atoms with Crippen LogP contribution >= 0.6 is 0 Å². The molecule has 0 aromatic rings. The van der Waals surface area contributed by atoms with Crippen LogP contribution < -0.4 is 0 Å². The third-order valence-corrected chi connectivity index (χ3v) is 2.81. The Morgan fingerprint density at radius 2 is 1.77 bits per heavy atom. The highest BCUT2D eigenvalue weighted by Gasteiger charge is 2.08. The van der Waals surface area contributed by atoms with E-state index in [1.807, 2.05) is 0 Å². The van der Waals surface area contributed by atoms with E-state index in [0.29, 0.717) is 0 Å². The van der Waals surface area contributed by atoms with E-state index in [9.17, 15) is 0 Å². The normalized spacial score (nSPS) is 15.2. The monoisotopic (exact) mass is 180 g/mol. The Bertz CT molecular complexity index is 196. The Morgan fingerprint density at radius 1 is 1.23 bits per heavy atom. The van der Waals surface area contributed by atoms with Gasteiger partial charge in [-0.05, 0) is 38.2 Å². The molecule has 1 unspecified atom stereocenters. The molecule has 0 aliphatic rings. The molecule has 0 aliphatic heterocycles. The fraction of sp³-hybridized carbons (Fsp3) is 0.692. The Hall–Kier alpha value is -0.520. The van der Waals surface area contributed by atoms with Gasteiger partial charge in [0.2, 0.25) is 0 Å². The fourth-order valence-electron chi connectivity index (χ4n) is 1.86. The van der Waals surface area contributed by atoms with Crippen molar-refractivity contribution >= 4 is 0 Å². The molecule has 0 heterocycles. The molecule has 0 rings (SSSR count). The molecule has 0 bridgehead atoms. The molecular weight excluding hydrogens is 156 g/mol. The molecule has 0 heteroatoms. The van der Waals surface area contributed by atoms with Crippen LogP contribution in [0.15, 0.2) is 23.3 Å². The first-order chi connectivity index (χ1) is 6.04. The van der Waals surface area contributed by atoms with E-state index in [4.69, 9.17) is 0 Å². The van der Waals surface area contributed by atoms with Crippen molar-refractivity contribution in [1.29, 1.82) is 0 Å². The first kappa shape index (κ1) is 12.5. The number of hydrogen-bond acceptors (Lipinski definition) is 0. The summed E-state index contributed by atoms with van der Waals surface area (Å²) in [5.74, 6) is 0.719. The van der Waals surface area contributed by atoms with Crippen LogP contribution in [0.3, 0.4) is 0 Å². The molecule has 0 radical (unpaired) electrons. The van der Waals surface area contributed by atoms with Gasteiger partial charge in [-0.1, -0.05) is 44.9 Å². The lowest BCUT2D eigenvalue weighted by Gasteiger charge is -2.16. The summed E-state index contributed by atoms with van der Waals surface area (Å²) in [6.45, 7) is 15.2. The zero-order valence-corrected chi connectivity index (χ0v) is 9.91. The highest BCUT2D eigenvalue weighted by molar-refractivity contribution is 5.31. The van der Waals surface area contributed by atoms with Crippen molar-refractivity contribution < 1.29 is 0 Å². The van der Waals surface area contributed by atoms with E-state index >= 15 is 0 Å². The SMILES string of the molecule is C=C(C)/C(CC)=C(\C)C(C)CCC. The maximum absolute atomic E-state index is 4.03. The Balaban J connectivity index is 4.63. The minimum atomic E-state index is 0.719. The van der Waals surface area contributed by atoms with E-state index in [1.165, 1.54) is 29.6 Å². The summed E-state index contributed by atoms with van der Waals surface area (Å²) in [5.41, 5.74) is 4.25. The van der Waals surface area contributed by atoms with Gasteiger partial charge in [-0.2, -0.15) is 0 Å². The molecule has 0 nitrogen and oxygen atoms in total. The summed E-state index contributed by atoms with van der Waals surface area (Å²) in [4.78, 5) is 0. The largest absolute Gasteiger partial charge is 0.0958 e. The van der Waals surface area contributed by atoms with Crippen LogP contribution in [-0.2, 0) is 0 Å². The van der Waals surface area contributed by atoms with Gasteiger partial charge in [0, 0.05) is 0 Å². The van der Waals surface area contributed by atoms with Crippen molar-refractivity contribution in [3.8, 4) is 0 Å². The van der Waals surface area contributed by atoms with E-state index in [0.717, 1.165) is 12.3 Å². The number of allylic oxidation sites excluding steroid dienone is 3. The average Bonchev–Trinajstić information content (AvgIpc) is 2.05. The minimum absolute atomic E-state index is 0.719. The van der Waals surface area contributed by atoms with Crippen LogP contribution in [0.4, 0.5) is 0 Å². The second-order valence-corrected chi connectivity index (χ2v) is 3.99. The lowest BCUT2D eigenvalue weighted by atomic mass is 9.90. The summed E-state index contributed by atoms with van der Waals surface area (Å²) in [6.07, 6.45) is 3.68. The van der Waals surface area contributed by atoms with Crippen LogP contribution in [0, 0.1) is 5.92 Å². The lowest BCUT2D eigenvalue weighted by molar-refractivity contribution is 0.595. The second kappa shape index (κ2) is 6.01. The molecule has 0 amide bonds. The van der Waals surface area contributed by atoms with Gasteiger partial charge in [-0.3, -0.25) is 0 Å². The first-order valence-electron chi connectivity index (χ1n) is 5.40. The Labute approximate surface area is 83.7 Å². The average molecular weight is 180 g/mol. The van der Waals surface area contributed by atoms with Crippen LogP contribution in [0.1, 0.15) is 53.9 Å². The molecule has 0 N–H and O–H groups in total. The zero-order valence-electron chi connectivity index (χ0n) is 9.91. The van der Waals surface area contributed by atoms with Crippen molar-refractivity contribution in [2.24, 2.45) is 5.92 Å². The smallest absolute Gasteiger partial charge is 0.0229 e. The third-order valence-electron chi connectivity index (χ3n) is 2.81.